The maximum Gasteiger partial charge on any atom is 0.186 e. The number of para-hydroxylation sites is 1. The Labute approximate surface area is 202 Å². The molecule has 1 heterocycles. The Kier molecular flexibility index (Phi) is 7.11. The molecule has 0 fully saturated rings. The summed E-state index contributed by atoms with van der Waals surface area (Å²) in [6.07, 6.45) is 3.30. The number of rotatable bonds is 8. The lowest BCUT2D eigenvalue weighted by molar-refractivity contribution is 0.306. The van der Waals surface area contributed by atoms with Crippen LogP contribution >= 0.6 is 15.9 Å². The van der Waals surface area contributed by atoms with Gasteiger partial charge in [-0.2, -0.15) is 0 Å². The van der Waals surface area contributed by atoms with E-state index in [9.17, 15) is 8.42 Å². The van der Waals surface area contributed by atoms with Crippen LogP contribution in [0.5, 0.6) is 11.5 Å². The Morgan fingerprint density at radius 2 is 1.61 bits per heavy atom. The standard InChI is InChI=1S/C26H22BrNO4S/c1-31-25-12-11-23(27)14-26(25)33(29,30)18-20-13-22(16-28-15-20)21-9-7-19(8-10-21)17-32-24-5-3-2-4-6-24/h2-16H,17-18H2,1H3. The van der Waals surface area contributed by atoms with Crippen molar-refractivity contribution in [2.75, 3.05) is 7.11 Å². The SMILES string of the molecule is COc1ccc(Br)cc1S(=O)(=O)Cc1cncc(-c2ccc(COc3ccccc3)cc2)c1. The molecule has 33 heavy (non-hydrogen) atoms. The summed E-state index contributed by atoms with van der Waals surface area (Å²) in [6.45, 7) is 0.468. The fourth-order valence-corrected chi connectivity index (χ4v) is 5.42. The molecule has 0 aliphatic heterocycles. The van der Waals surface area contributed by atoms with Crippen molar-refractivity contribution in [2.45, 2.75) is 17.3 Å². The molecular weight excluding hydrogens is 502 g/mol. The summed E-state index contributed by atoms with van der Waals surface area (Å²) in [5.74, 6) is 0.960. The highest BCUT2D eigenvalue weighted by Gasteiger charge is 2.21. The number of methoxy groups -OCH3 is 1. The third-order valence-corrected chi connectivity index (χ3v) is 7.24. The van der Waals surface area contributed by atoms with Gasteiger partial charge in [-0.1, -0.05) is 58.4 Å². The lowest BCUT2D eigenvalue weighted by atomic mass is 10.0. The highest BCUT2D eigenvalue weighted by molar-refractivity contribution is 9.10. The van der Waals surface area contributed by atoms with E-state index in [1.165, 1.54) is 7.11 Å². The Hall–Kier alpha value is -3.16. The summed E-state index contributed by atoms with van der Waals surface area (Å²) in [7, 11) is -2.17. The van der Waals surface area contributed by atoms with Crippen LogP contribution in [0, 0.1) is 0 Å². The number of benzene rings is 3. The number of nitrogens with zero attached hydrogens (tertiary/aromatic N) is 1. The fourth-order valence-electron chi connectivity index (χ4n) is 3.39. The molecule has 4 rings (SSSR count). The maximum absolute atomic E-state index is 13.1. The van der Waals surface area contributed by atoms with Crippen LogP contribution < -0.4 is 9.47 Å². The second-order valence-electron chi connectivity index (χ2n) is 7.43. The van der Waals surface area contributed by atoms with Crippen molar-refractivity contribution in [1.29, 1.82) is 0 Å². The molecule has 4 aromatic rings. The van der Waals surface area contributed by atoms with Crippen LogP contribution in [0.25, 0.3) is 11.1 Å². The predicted octanol–water partition coefficient (Wildman–Crippen LogP) is 6.07. The molecule has 0 amide bonds. The second kappa shape index (κ2) is 10.2. The van der Waals surface area contributed by atoms with Crippen LogP contribution in [0.2, 0.25) is 0 Å². The van der Waals surface area contributed by atoms with Crippen LogP contribution in [-0.2, 0) is 22.2 Å². The molecule has 0 aliphatic carbocycles. The third-order valence-electron chi connectivity index (χ3n) is 5.05. The average molecular weight is 524 g/mol. The molecule has 5 nitrogen and oxygen atoms in total. The van der Waals surface area contributed by atoms with Crippen molar-refractivity contribution in [2.24, 2.45) is 0 Å². The van der Waals surface area contributed by atoms with Crippen LogP contribution in [-0.4, -0.2) is 20.5 Å². The lowest BCUT2D eigenvalue weighted by Crippen LogP contribution is -2.07. The van der Waals surface area contributed by atoms with Crippen LogP contribution in [0.3, 0.4) is 0 Å². The van der Waals surface area contributed by atoms with Gasteiger partial charge in [-0.05, 0) is 53.1 Å². The molecule has 0 N–H and O–H groups in total. The Morgan fingerprint density at radius 1 is 0.848 bits per heavy atom. The van der Waals surface area contributed by atoms with Gasteiger partial charge in [-0.3, -0.25) is 4.98 Å². The number of hydrogen-bond donors (Lipinski definition) is 0. The van der Waals surface area contributed by atoms with Crippen LogP contribution in [0.15, 0.2) is 101 Å². The third kappa shape index (κ3) is 5.80. The minimum atomic E-state index is -3.63. The first-order chi connectivity index (χ1) is 15.9. The molecule has 0 spiro atoms. The largest absolute Gasteiger partial charge is 0.495 e. The number of aromatic nitrogens is 1. The van der Waals surface area contributed by atoms with Crippen molar-refractivity contribution < 1.29 is 17.9 Å². The van der Waals surface area contributed by atoms with E-state index in [-0.39, 0.29) is 10.6 Å². The Morgan fingerprint density at radius 3 is 2.33 bits per heavy atom. The summed E-state index contributed by atoms with van der Waals surface area (Å²) in [5, 5.41) is 0. The quantitative estimate of drug-likeness (QED) is 0.280. The van der Waals surface area contributed by atoms with Gasteiger partial charge in [0.1, 0.15) is 23.0 Å². The van der Waals surface area contributed by atoms with Crippen molar-refractivity contribution in [1.82, 2.24) is 4.98 Å². The van der Waals surface area contributed by atoms with Crippen molar-refractivity contribution in [3.8, 4) is 22.6 Å². The number of pyridine rings is 1. The number of halogens is 1. The normalized spacial score (nSPS) is 11.2. The van der Waals surface area contributed by atoms with Gasteiger partial charge < -0.3 is 9.47 Å². The minimum Gasteiger partial charge on any atom is -0.495 e. The van der Waals surface area contributed by atoms with Gasteiger partial charge in [0.05, 0.1) is 12.9 Å². The zero-order chi connectivity index (χ0) is 23.3. The van der Waals surface area contributed by atoms with Gasteiger partial charge >= 0.3 is 0 Å². The van der Waals surface area contributed by atoms with E-state index in [1.807, 2.05) is 60.7 Å². The molecule has 0 atom stereocenters. The first-order valence-electron chi connectivity index (χ1n) is 10.2. The van der Waals surface area contributed by atoms with E-state index in [0.29, 0.717) is 22.4 Å². The van der Waals surface area contributed by atoms with E-state index in [2.05, 4.69) is 20.9 Å². The number of sulfone groups is 1. The van der Waals surface area contributed by atoms with E-state index in [4.69, 9.17) is 9.47 Å². The van der Waals surface area contributed by atoms with Gasteiger partial charge in [0.25, 0.3) is 0 Å². The molecular formula is C26H22BrNO4S. The summed E-state index contributed by atoms with van der Waals surface area (Å²) in [5.41, 5.74) is 3.44. The zero-order valence-electron chi connectivity index (χ0n) is 17.9. The highest BCUT2D eigenvalue weighted by Crippen LogP contribution is 2.30. The zero-order valence-corrected chi connectivity index (χ0v) is 20.3. The van der Waals surface area contributed by atoms with Gasteiger partial charge in [0.15, 0.2) is 9.84 Å². The summed E-state index contributed by atoms with van der Waals surface area (Å²) < 4.78 is 37.9. The topological polar surface area (TPSA) is 65.5 Å². The van der Waals surface area contributed by atoms with E-state index >= 15 is 0 Å². The van der Waals surface area contributed by atoms with Crippen molar-refractivity contribution >= 4 is 25.8 Å². The molecule has 7 heteroatoms. The van der Waals surface area contributed by atoms with Gasteiger partial charge in [0.2, 0.25) is 0 Å². The van der Waals surface area contributed by atoms with E-state index in [1.54, 1.807) is 30.6 Å². The number of ether oxygens (including phenoxy) is 2. The summed E-state index contributed by atoms with van der Waals surface area (Å²) >= 11 is 3.33. The van der Waals surface area contributed by atoms with Gasteiger partial charge in [-0.25, -0.2) is 8.42 Å². The van der Waals surface area contributed by atoms with Crippen LogP contribution in [0.1, 0.15) is 11.1 Å². The molecule has 1 aromatic heterocycles. The summed E-state index contributed by atoms with van der Waals surface area (Å²) in [4.78, 5) is 4.41. The summed E-state index contributed by atoms with van der Waals surface area (Å²) in [6, 6.07) is 24.4. The smallest absolute Gasteiger partial charge is 0.186 e. The molecule has 0 radical (unpaired) electrons. The minimum absolute atomic E-state index is 0.146. The van der Waals surface area contributed by atoms with Gasteiger partial charge in [0, 0.05) is 22.4 Å². The molecule has 168 valence electrons. The molecule has 3 aromatic carbocycles. The van der Waals surface area contributed by atoms with Crippen molar-refractivity contribution in [3.63, 3.8) is 0 Å². The predicted molar refractivity (Wildman–Crippen MR) is 132 cm³/mol. The average Bonchev–Trinajstić information content (AvgIpc) is 2.83. The molecule has 0 saturated heterocycles. The first kappa shape index (κ1) is 23.0. The fraction of sp³-hybridized carbons (Fsp3) is 0.115. The number of hydrogen-bond acceptors (Lipinski definition) is 5. The molecule has 0 unspecified atom stereocenters. The van der Waals surface area contributed by atoms with Gasteiger partial charge in [-0.15, -0.1) is 0 Å². The molecule has 0 bridgehead atoms. The van der Waals surface area contributed by atoms with E-state index in [0.717, 1.165) is 22.4 Å². The Bertz CT molecular complexity index is 1340. The highest BCUT2D eigenvalue weighted by atomic mass is 79.9. The maximum atomic E-state index is 13.1. The second-order valence-corrected chi connectivity index (χ2v) is 10.3. The van der Waals surface area contributed by atoms with Crippen LogP contribution in [0.4, 0.5) is 0 Å². The molecule has 0 aliphatic rings. The van der Waals surface area contributed by atoms with E-state index < -0.39 is 9.84 Å². The Balaban J connectivity index is 1.50. The lowest BCUT2D eigenvalue weighted by Gasteiger charge is -2.11. The molecule has 0 saturated carbocycles. The monoisotopic (exact) mass is 523 g/mol. The first-order valence-corrected chi connectivity index (χ1v) is 12.7. The van der Waals surface area contributed by atoms with Crippen molar-refractivity contribution in [3.05, 3.63) is 107 Å².